The second-order valence-corrected chi connectivity index (χ2v) is 8.04. The number of rotatable bonds is 5. The van der Waals surface area contributed by atoms with Gasteiger partial charge in [-0.3, -0.25) is 14.9 Å². The van der Waals surface area contributed by atoms with Crippen molar-refractivity contribution in [2.45, 2.75) is 52.6 Å². The zero-order valence-corrected chi connectivity index (χ0v) is 15.4. The highest BCUT2D eigenvalue weighted by Gasteiger charge is 2.46. The largest absolute Gasteiger partial charge is 0.351 e. The van der Waals surface area contributed by atoms with Crippen LogP contribution in [0.4, 0.5) is 4.79 Å². The Kier molecular flexibility index (Phi) is 5.52. The minimum absolute atomic E-state index is 0.000483. The van der Waals surface area contributed by atoms with Gasteiger partial charge in [0.25, 0.3) is 5.91 Å². The summed E-state index contributed by atoms with van der Waals surface area (Å²) in [7, 11) is 0. The van der Waals surface area contributed by atoms with Crippen LogP contribution in [0, 0.1) is 11.8 Å². The number of carbonyl (C=O) groups excluding carboxylic acids is 3. The molecule has 0 saturated carbocycles. The average Bonchev–Trinajstić information content (AvgIpc) is 2.60. The number of hydrogen-bond acceptors (Lipinski definition) is 4. The van der Waals surface area contributed by atoms with Gasteiger partial charge in [0.1, 0.15) is 12.1 Å². The number of imide groups is 1. The van der Waals surface area contributed by atoms with E-state index >= 15 is 0 Å². The average molecular weight is 338 g/mol. The zero-order chi connectivity index (χ0) is 18.1. The lowest BCUT2D eigenvalue weighted by Crippen LogP contribution is -2.52. The van der Waals surface area contributed by atoms with Crippen LogP contribution in [0.25, 0.3) is 0 Å². The summed E-state index contributed by atoms with van der Waals surface area (Å²) in [5.41, 5.74) is -0.991. The Labute approximate surface area is 144 Å². The molecule has 0 aromatic rings. The monoisotopic (exact) mass is 338 g/mol. The molecule has 0 aromatic carbocycles. The van der Waals surface area contributed by atoms with Crippen LogP contribution < -0.4 is 10.6 Å². The molecule has 0 spiro atoms. The molecule has 136 valence electrons. The Morgan fingerprint density at radius 3 is 2.38 bits per heavy atom. The van der Waals surface area contributed by atoms with Crippen LogP contribution >= 0.6 is 0 Å². The van der Waals surface area contributed by atoms with Gasteiger partial charge in [-0.1, -0.05) is 13.8 Å². The van der Waals surface area contributed by atoms with Crippen molar-refractivity contribution in [1.29, 1.82) is 0 Å². The maximum Gasteiger partial charge on any atom is 0.325 e. The molecule has 2 heterocycles. The molecule has 7 nitrogen and oxygen atoms in total. The van der Waals surface area contributed by atoms with Gasteiger partial charge in [0.2, 0.25) is 5.91 Å². The number of hydrogen-bond donors (Lipinski definition) is 2. The van der Waals surface area contributed by atoms with Gasteiger partial charge in [-0.05, 0) is 39.0 Å². The SMILES string of the molecule is C[C@@H]1C[C@H](C)CN(C[C@@H](C)NC(=O)CN2C(=O)NC(=O)C2(C)C)C1. The smallest absolute Gasteiger partial charge is 0.325 e. The summed E-state index contributed by atoms with van der Waals surface area (Å²) >= 11 is 0. The molecule has 4 amide bonds. The van der Waals surface area contributed by atoms with Gasteiger partial charge >= 0.3 is 6.03 Å². The molecule has 2 saturated heterocycles. The van der Waals surface area contributed by atoms with Crippen LogP contribution in [0.3, 0.4) is 0 Å². The van der Waals surface area contributed by atoms with E-state index in [1.54, 1.807) is 13.8 Å². The summed E-state index contributed by atoms with van der Waals surface area (Å²) in [5, 5.41) is 5.19. The Bertz CT molecular complexity index is 510. The number of piperidine rings is 1. The minimum Gasteiger partial charge on any atom is -0.351 e. The Morgan fingerprint density at radius 1 is 1.29 bits per heavy atom. The molecule has 2 fully saturated rings. The lowest BCUT2D eigenvalue weighted by molar-refractivity contribution is -0.127. The highest BCUT2D eigenvalue weighted by Crippen LogP contribution is 2.21. The second kappa shape index (κ2) is 7.09. The molecular weight excluding hydrogens is 308 g/mol. The summed E-state index contributed by atoms with van der Waals surface area (Å²) in [4.78, 5) is 39.5. The van der Waals surface area contributed by atoms with Crippen molar-refractivity contribution in [2.75, 3.05) is 26.2 Å². The number of nitrogens with zero attached hydrogens (tertiary/aromatic N) is 2. The highest BCUT2D eigenvalue weighted by atomic mass is 16.2. The van der Waals surface area contributed by atoms with Crippen LogP contribution in [-0.2, 0) is 9.59 Å². The topological polar surface area (TPSA) is 81.8 Å². The molecule has 2 rings (SSSR count). The van der Waals surface area contributed by atoms with Crippen molar-refractivity contribution in [3.63, 3.8) is 0 Å². The molecule has 2 aliphatic rings. The van der Waals surface area contributed by atoms with E-state index in [0.29, 0.717) is 11.8 Å². The van der Waals surface area contributed by atoms with E-state index in [1.165, 1.54) is 11.3 Å². The number of urea groups is 1. The number of nitrogens with one attached hydrogen (secondary N) is 2. The first kappa shape index (κ1) is 18.7. The van der Waals surface area contributed by atoms with E-state index in [-0.39, 0.29) is 24.4 Å². The lowest BCUT2D eigenvalue weighted by atomic mass is 9.92. The predicted octanol–water partition coefficient (Wildman–Crippen LogP) is 0.799. The Hall–Kier alpha value is -1.63. The molecular formula is C17H30N4O3. The van der Waals surface area contributed by atoms with Crippen molar-refractivity contribution >= 4 is 17.8 Å². The van der Waals surface area contributed by atoms with Gasteiger partial charge in [-0.15, -0.1) is 0 Å². The van der Waals surface area contributed by atoms with Crippen LogP contribution in [-0.4, -0.2) is 65.4 Å². The first-order valence-electron chi connectivity index (χ1n) is 8.74. The van der Waals surface area contributed by atoms with E-state index in [0.717, 1.165) is 19.6 Å². The molecule has 2 N–H and O–H groups in total. The molecule has 0 unspecified atom stereocenters. The van der Waals surface area contributed by atoms with E-state index in [1.807, 2.05) is 6.92 Å². The summed E-state index contributed by atoms with van der Waals surface area (Å²) in [6.45, 7) is 12.6. The fraction of sp³-hybridized carbons (Fsp3) is 0.824. The van der Waals surface area contributed by atoms with Gasteiger partial charge in [0.15, 0.2) is 0 Å². The first-order valence-corrected chi connectivity index (χ1v) is 8.74. The van der Waals surface area contributed by atoms with Crippen molar-refractivity contribution < 1.29 is 14.4 Å². The van der Waals surface area contributed by atoms with Gasteiger partial charge in [0.05, 0.1) is 0 Å². The van der Waals surface area contributed by atoms with Crippen LogP contribution in [0.5, 0.6) is 0 Å². The second-order valence-electron chi connectivity index (χ2n) is 8.04. The van der Waals surface area contributed by atoms with Gasteiger partial charge in [-0.2, -0.15) is 0 Å². The molecule has 0 aromatic heterocycles. The molecule has 0 aliphatic carbocycles. The zero-order valence-electron chi connectivity index (χ0n) is 15.4. The van der Waals surface area contributed by atoms with E-state index in [2.05, 4.69) is 29.4 Å². The number of likely N-dealkylation sites (tertiary alicyclic amines) is 1. The van der Waals surface area contributed by atoms with E-state index < -0.39 is 11.6 Å². The molecule has 2 aliphatic heterocycles. The number of carbonyl (C=O) groups is 3. The van der Waals surface area contributed by atoms with Crippen molar-refractivity contribution in [3.8, 4) is 0 Å². The van der Waals surface area contributed by atoms with Crippen molar-refractivity contribution in [2.24, 2.45) is 11.8 Å². The molecule has 24 heavy (non-hydrogen) atoms. The maximum atomic E-state index is 12.3. The third kappa shape index (κ3) is 4.26. The van der Waals surface area contributed by atoms with Gasteiger partial charge in [-0.25, -0.2) is 4.79 Å². The molecule has 3 atom stereocenters. The standard InChI is InChI=1S/C17H30N4O3/c1-11-6-12(2)8-20(7-11)9-13(3)18-14(22)10-21-16(24)19-15(23)17(21,4)5/h11-13H,6-10H2,1-5H3,(H,18,22)(H,19,23,24)/t11-,12+,13-/m1/s1. The van der Waals surface area contributed by atoms with Crippen LogP contribution in [0.1, 0.15) is 41.0 Å². The highest BCUT2D eigenvalue weighted by molar-refractivity contribution is 6.07. The van der Waals surface area contributed by atoms with E-state index in [9.17, 15) is 14.4 Å². The quantitative estimate of drug-likeness (QED) is 0.727. The fourth-order valence-electron chi connectivity index (χ4n) is 3.80. The van der Waals surface area contributed by atoms with Crippen LogP contribution in [0.2, 0.25) is 0 Å². The number of amides is 4. The minimum atomic E-state index is -0.991. The summed E-state index contributed by atoms with van der Waals surface area (Å²) in [6, 6.07) is -0.508. The Morgan fingerprint density at radius 2 is 1.88 bits per heavy atom. The Balaban J connectivity index is 1.83. The maximum absolute atomic E-state index is 12.3. The first-order chi connectivity index (χ1) is 11.1. The van der Waals surface area contributed by atoms with Crippen molar-refractivity contribution in [1.82, 2.24) is 20.4 Å². The van der Waals surface area contributed by atoms with Crippen molar-refractivity contribution in [3.05, 3.63) is 0 Å². The van der Waals surface area contributed by atoms with Gasteiger partial charge < -0.3 is 15.1 Å². The summed E-state index contributed by atoms with van der Waals surface area (Å²) in [5.74, 6) is 0.747. The third-order valence-corrected chi connectivity index (χ3v) is 4.88. The molecule has 0 radical (unpaired) electrons. The lowest BCUT2D eigenvalue weighted by Gasteiger charge is -2.36. The van der Waals surface area contributed by atoms with Gasteiger partial charge in [0, 0.05) is 25.7 Å². The molecule has 0 bridgehead atoms. The fourth-order valence-corrected chi connectivity index (χ4v) is 3.80. The molecule has 7 heteroatoms. The normalized spacial score (nSPS) is 28.6. The third-order valence-electron chi connectivity index (χ3n) is 4.88. The summed E-state index contributed by atoms with van der Waals surface area (Å²) in [6.07, 6.45) is 1.25. The van der Waals surface area contributed by atoms with Crippen LogP contribution in [0.15, 0.2) is 0 Å². The predicted molar refractivity (Wildman–Crippen MR) is 91.3 cm³/mol. The summed E-state index contributed by atoms with van der Waals surface area (Å²) < 4.78 is 0. The van der Waals surface area contributed by atoms with E-state index in [4.69, 9.17) is 0 Å².